The third-order valence-electron chi connectivity index (χ3n) is 1.96. The summed E-state index contributed by atoms with van der Waals surface area (Å²) in [6.45, 7) is 11.9. The van der Waals surface area contributed by atoms with Crippen LogP contribution in [0.1, 0.15) is 20.8 Å². The van der Waals surface area contributed by atoms with E-state index < -0.39 is 5.79 Å². The molecule has 1 rings (SSSR count). The van der Waals surface area contributed by atoms with Crippen molar-refractivity contribution in [1.82, 2.24) is 5.32 Å². The van der Waals surface area contributed by atoms with E-state index in [2.05, 4.69) is 11.9 Å². The van der Waals surface area contributed by atoms with Gasteiger partial charge in [0.2, 0.25) is 0 Å². The Morgan fingerprint density at radius 1 is 1.46 bits per heavy atom. The molecule has 0 unspecified atom stereocenters. The molecule has 1 heterocycles. The summed E-state index contributed by atoms with van der Waals surface area (Å²) >= 11 is 0. The van der Waals surface area contributed by atoms with E-state index in [1.165, 1.54) is 0 Å². The van der Waals surface area contributed by atoms with Gasteiger partial charge in [-0.2, -0.15) is 0 Å². The fourth-order valence-electron chi connectivity index (χ4n) is 1.13. The van der Waals surface area contributed by atoms with Gasteiger partial charge in [0.1, 0.15) is 0 Å². The molecule has 3 nitrogen and oxygen atoms in total. The Morgan fingerprint density at radius 2 is 2.00 bits per heavy atom. The van der Waals surface area contributed by atoms with E-state index >= 15 is 0 Å². The maximum absolute atomic E-state index is 5.50. The van der Waals surface area contributed by atoms with Gasteiger partial charge in [0, 0.05) is 6.54 Å². The Hall–Kier alpha value is -0.380. The van der Waals surface area contributed by atoms with E-state index in [-0.39, 0.29) is 0 Å². The topological polar surface area (TPSA) is 30.5 Å². The van der Waals surface area contributed by atoms with Crippen LogP contribution in [0.3, 0.4) is 0 Å². The van der Waals surface area contributed by atoms with Crippen LogP contribution in [0.5, 0.6) is 0 Å². The van der Waals surface area contributed by atoms with E-state index in [1.807, 2.05) is 20.8 Å². The van der Waals surface area contributed by atoms with Gasteiger partial charge in [0.25, 0.3) is 0 Å². The van der Waals surface area contributed by atoms with Crippen molar-refractivity contribution in [2.75, 3.05) is 19.8 Å². The summed E-state index contributed by atoms with van der Waals surface area (Å²) in [5.74, 6) is -0.415. The first-order chi connectivity index (χ1) is 5.99. The second-order valence-electron chi connectivity index (χ2n) is 4.06. The lowest BCUT2D eigenvalue weighted by molar-refractivity contribution is -0.252. The number of hydrogen-bond acceptors (Lipinski definition) is 3. The van der Waals surface area contributed by atoms with Crippen molar-refractivity contribution in [3.05, 3.63) is 12.2 Å². The molecule has 0 aromatic rings. The standard InChI is InChI=1S/C10H19NO2/c1-8(2)5-11-9-6-12-10(3,4)13-7-9/h9,11H,1,5-7H2,2-4H3. The lowest BCUT2D eigenvalue weighted by Crippen LogP contribution is -2.48. The highest BCUT2D eigenvalue weighted by atomic mass is 16.7. The smallest absolute Gasteiger partial charge is 0.162 e. The summed E-state index contributed by atoms with van der Waals surface area (Å²) in [6.07, 6.45) is 0. The average Bonchev–Trinajstić information content (AvgIpc) is 2.02. The molecule has 0 saturated carbocycles. The molecular weight excluding hydrogens is 166 g/mol. The van der Waals surface area contributed by atoms with Gasteiger partial charge in [-0.05, 0) is 20.8 Å². The Labute approximate surface area is 80.1 Å². The molecule has 0 atom stereocenters. The summed E-state index contributed by atoms with van der Waals surface area (Å²) in [5, 5.41) is 3.31. The fraction of sp³-hybridized carbons (Fsp3) is 0.800. The molecule has 1 fully saturated rings. The molecule has 0 bridgehead atoms. The number of rotatable bonds is 3. The van der Waals surface area contributed by atoms with Crippen molar-refractivity contribution < 1.29 is 9.47 Å². The minimum Gasteiger partial charge on any atom is -0.349 e. The summed E-state index contributed by atoms with van der Waals surface area (Å²) in [4.78, 5) is 0. The quantitative estimate of drug-likeness (QED) is 0.672. The highest BCUT2D eigenvalue weighted by molar-refractivity contribution is 4.92. The van der Waals surface area contributed by atoms with Crippen LogP contribution in [0.4, 0.5) is 0 Å². The van der Waals surface area contributed by atoms with Crippen LogP contribution in [0, 0.1) is 0 Å². The van der Waals surface area contributed by atoms with Gasteiger partial charge >= 0.3 is 0 Å². The SMILES string of the molecule is C=C(C)CNC1COC(C)(C)OC1. The Balaban J connectivity index is 2.21. The molecule has 0 aromatic carbocycles. The molecule has 0 spiro atoms. The Kier molecular flexibility index (Phi) is 3.47. The number of nitrogens with one attached hydrogen (secondary N) is 1. The van der Waals surface area contributed by atoms with E-state index in [4.69, 9.17) is 9.47 Å². The van der Waals surface area contributed by atoms with Crippen LogP contribution >= 0.6 is 0 Å². The van der Waals surface area contributed by atoms with Gasteiger partial charge in [-0.15, -0.1) is 0 Å². The first-order valence-corrected chi connectivity index (χ1v) is 4.65. The maximum Gasteiger partial charge on any atom is 0.162 e. The number of hydrogen-bond donors (Lipinski definition) is 1. The summed E-state index contributed by atoms with van der Waals surface area (Å²) in [7, 11) is 0. The van der Waals surface area contributed by atoms with Crippen molar-refractivity contribution in [2.24, 2.45) is 0 Å². The Morgan fingerprint density at radius 3 is 2.46 bits per heavy atom. The van der Waals surface area contributed by atoms with Gasteiger partial charge in [-0.25, -0.2) is 0 Å². The van der Waals surface area contributed by atoms with Crippen LogP contribution in [-0.4, -0.2) is 31.6 Å². The third-order valence-corrected chi connectivity index (χ3v) is 1.96. The monoisotopic (exact) mass is 185 g/mol. The molecule has 0 aliphatic carbocycles. The fourth-order valence-corrected chi connectivity index (χ4v) is 1.13. The summed E-state index contributed by atoms with van der Waals surface area (Å²) in [6, 6.07) is 0.296. The lowest BCUT2D eigenvalue weighted by atomic mass is 10.2. The summed E-state index contributed by atoms with van der Waals surface area (Å²) in [5.41, 5.74) is 1.13. The van der Waals surface area contributed by atoms with Crippen LogP contribution in [0.2, 0.25) is 0 Å². The van der Waals surface area contributed by atoms with Gasteiger partial charge in [-0.1, -0.05) is 12.2 Å². The first kappa shape index (κ1) is 10.7. The van der Waals surface area contributed by atoms with E-state index in [0.717, 1.165) is 12.1 Å². The third kappa shape index (κ3) is 3.89. The van der Waals surface area contributed by atoms with Gasteiger partial charge in [-0.3, -0.25) is 0 Å². The zero-order valence-electron chi connectivity index (χ0n) is 8.72. The predicted molar refractivity (Wildman–Crippen MR) is 52.6 cm³/mol. The molecule has 1 aliphatic rings. The molecular formula is C10H19NO2. The van der Waals surface area contributed by atoms with Gasteiger partial charge in [0.05, 0.1) is 19.3 Å². The highest BCUT2D eigenvalue weighted by Gasteiger charge is 2.27. The molecule has 0 amide bonds. The molecule has 0 radical (unpaired) electrons. The zero-order chi connectivity index (χ0) is 9.90. The van der Waals surface area contributed by atoms with E-state index in [0.29, 0.717) is 19.3 Å². The zero-order valence-corrected chi connectivity index (χ0v) is 8.72. The molecule has 13 heavy (non-hydrogen) atoms. The van der Waals surface area contributed by atoms with Crippen LogP contribution in [-0.2, 0) is 9.47 Å². The Bertz CT molecular complexity index is 179. The van der Waals surface area contributed by atoms with Crippen LogP contribution in [0.15, 0.2) is 12.2 Å². The van der Waals surface area contributed by atoms with E-state index in [1.54, 1.807) is 0 Å². The van der Waals surface area contributed by atoms with Crippen molar-refractivity contribution in [3.8, 4) is 0 Å². The van der Waals surface area contributed by atoms with Crippen molar-refractivity contribution >= 4 is 0 Å². The molecule has 1 saturated heterocycles. The minimum atomic E-state index is -0.415. The maximum atomic E-state index is 5.50. The van der Waals surface area contributed by atoms with Crippen LogP contribution in [0.25, 0.3) is 0 Å². The van der Waals surface area contributed by atoms with Crippen LogP contribution < -0.4 is 5.32 Å². The second kappa shape index (κ2) is 4.22. The molecule has 0 aromatic heterocycles. The molecule has 1 N–H and O–H groups in total. The second-order valence-corrected chi connectivity index (χ2v) is 4.06. The summed E-state index contributed by atoms with van der Waals surface area (Å²) < 4.78 is 11.0. The minimum absolute atomic E-state index is 0.296. The van der Waals surface area contributed by atoms with Crippen molar-refractivity contribution in [3.63, 3.8) is 0 Å². The lowest BCUT2D eigenvalue weighted by Gasteiger charge is -2.35. The highest BCUT2D eigenvalue weighted by Crippen LogP contribution is 2.16. The van der Waals surface area contributed by atoms with E-state index in [9.17, 15) is 0 Å². The van der Waals surface area contributed by atoms with Crippen molar-refractivity contribution in [1.29, 1.82) is 0 Å². The molecule has 1 aliphatic heterocycles. The molecule has 3 heteroatoms. The number of ether oxygens (including phenoxy) is 2. The van der Waals surface area contributed by atoms with Crippen molar-refractivity contribution in [2.45, 2.75) is 32.6 Å². The normalized spacial score (nSPS) is 23.0. The van der Waals surface area contributed by atoms with Gasteiger partial charge < -0.3 is 14.8 Å². The molecule has 76 valence electrons. The first-order valence-electron chi connectivity index (χ1n) is 4.65. The average molecular weight is 185 g/mol. The largest absolute Gasteiger partial charge is 0.349 e. The predicted octanol–water partition coefficient (Wildman–Crippen LogP) is 1.30. The van der Waals surface area contributed by atoms with Gasteiger partial charge in [0.15, 0.2) is 5.79 Å².